The van der Waals surface area contributed by atoms with Crippen LogP contribution < -0.4 is 5.32 Å². The zero-order valence-corrected chi connectivity index (χ0v) is 14.1. The van der Waals surface area contributed by atoms with E-state index >= 15 is 0 Å². The predicted octanol–water partition coefficient (Wildman–Crippen LogP) is 5.34. The van der Waals surface area contributed by atoms with E-state index in [9.17, 15) is 4.79 Å². The van der Waals surface area contributed by atoms with Gasteiger partial charge in [0.05, 0.1) is 16.6 Å². The molecule has 0 radical (unpaired) electrons. The van der Waals surface area contributed by atoms with Gasteiger partial charge in [-0.25, -0.2) is 0 Å². The van der Waals surface area contributed by atoms with Gasteiger partial charge in [-0.05, 0) is 37.3 Å². The summed E-state index contributed by atoms with van der Waals surface area (Å²) in [7, 11) is 0. The summed E-state index contributed by atoms with van der Waals surface area (Å²) in [6.45, 7) is 1.88. The van der Waals surface area contributed by atoms with Crippen molar-refractivity contribution >= 4 is 44.4 Å². The first-order valence-electron chi connectivity index (χ1n) is 6.79. The monoisotopic (exact) mass is 377 g/mol. The molecular formula is C17H13BrClNO2. The van der Waals surface area contributed by atoms with Crippen LogP contribution in [0.15, 0.2) is 57.4 Å². The first-order valence-corrected chi connectivity index (χ1v) is 7.96. The van der Waals surface area contributed by atoms with Crippen LogP contribution in [0.4, 0.5) is 0 Å². The fourth-order valence-corrected chi connectivity index (χ4v) is 2.80. The molecule has 2 aromatic carbocycles. The van der Waals surface area contributed by atoms with Crippen LogP contribution in [0.5, 0.6) is 0 Å². The van der Waals surface area contributed by atoms with Gasteiger partial charge in [0.15, 0.2) is 0 Å². The van der Waals surface area contributed by atoms with Crippen LogP contribution in [0.1, 0.15) is 29.1 Å². The number of para-hydroxylation sites is 1. The van der Waals surface area contributed by atoms with E-state index in [-0.39, 0.29) is 11.9 Å². The number of benzene rings is 2. The highest BCUT2D eigenvalue weighted by atomic mass is 79.9. The van der Waals surface area contributed by atoms with Crippen molar-refractivity contribution in [3.05, 3.63) is 69.3 Å². The minimum Gasteiger partial charge on any atom is -0.459 e. The third kappa shape index (κ3) is 3.03. The molecule has 0 aliphatic heterocycles. The molecule has 1 atom stereocenters. The summed E-state index contributed by atoms with van der Waals surface area (Å²) in [5.74, 6) is 0.472. The van der Waals surface area contributed by atoms with Crippen LogP contribution >= 0.6 is 27.5 Å². The van der Waals surface area contributed by atoms with E-state index in [1.807, 2.05) is 37.3 Å². The number of carbonyl (C=O) groups is 1. The normalized spacial score (nSPS) is 12.3. The van der Waals surface area contributed by atoms with Gasteiger partial charge in [0, 0.05) is 9.86 Å². The lowest BCUT2D eigenvalue weighted by atomic mass is 10.1. The number of hydrogen-bond acceptors (Lipinski definition) is 2. The highest BCUT2D eigenvalue weighted by Gasteiger charge is 2.17. The Morgan fingerprint density at radius 3 is 2.77 bits per heavy atom. The van der Waals surface area contributed by atoms with Gasteiger partial charge in [0.1, 0.15) is 11.3 Å². The van der Waals surface area contributed by atoms with Crippen LogP contribution in [-0.4, -0.2) is 5.91 Å². The summed E-state index contributed by atoms with van der Waals surface area (Å²) in [6.07, 6.45) is 0. The maximum atomic E-state index is 12.4. The van der Waals surface area contributed by atoms with Gasteiger partial charge in [0.25, 0.3) is 5.91 Å². The average Bonchev–Trinajstić information content (AvgIpc) is 2.93. The lowest BCUT2D eigenvalue weighted by Gasteiger charge is -2.12. The van der Waals surface area contributed by atoms with Gasteiger partial charge in [-0.3, -0.25) is 4.79 Å². The molecule has 0 aliphatic rings. The number of halogens is 2. The number of fused-ring (bicyclic) bond motifs is 1. The fraction of sp³-hybridized carbons (Fsp3) is 0.118. The van der Waals surface area contributed by atoms with Gasteiger partial charge in [0.2, 0.25) is 0 Å². The Balaban J connectivity index is 1.82. The molecule has 0 bridgehead atoms. The van der Waals surface area contributed by atoms with Crippen molar-refractivity contribution in [3.8, 4) is 0 Å². The number of nitrogens with one attached hydrogen (secondary N) is 1. The number of carbonyl (C=O) groups excluding carboxylic acids is 1. The third-order valence-electron chi connectivity index (χ3n) is 3.39. The standard InChI is InChI=1S/C17H13BrClNO2/c1-10(16-8-11-4-2-3-5-15(11)22-16)20-17(21)13-9-12(18)6-7-14(13)19/h2-10H,1H3,(H,20,21)/t10-/m1/s1. The Morgan fingerprint density at radius 2 is 2.00 bits per heavy atom. The van der Waals surface area contributed by atoms with Gasteiger partial charge in [-0.1, -0.05) is 45.7 Å². The lowest BCUT2D eigenvalue weighted by molar-refractivity contribution is 0.0936. The van der Waals surface area contributed by atoms with Crippen LogP contribution in [-0.2, 0) is 0 Å². The fourth-order valence-electron chi connectivity index (χ4n) is 2.23. The number of hydrogen-bond donors (Lipinski definition) is 1. The highest BCUT2D eigenvalue weighted by molar-refractivity contribution is 9.10. The molecule has 3 nitrogen and oxygen atoms in total. The molecule has 0 saturated carbocycles. The van der Waals surface area contributed by atoms with Crippen LogP contribution in [0.25, 0.3) is 11.0 Å². The Labute approximate surface area is 141 Å². The van der Waals surface area contributed by atoms with Gasteiger partial charge >= 0.3 is 0 Å². The number of rotatable bonds is 3. The molecule has 1 aromatic heterocycles. The van der Waals surface area contributed by atoms with E-state index in [1.165, 1.54) is 0 Å². The van der Waals surface area contributed by atoms with E-state index in [0.29, 0.717) is 16.3 Å². The first-order chi connectivity index (χ1) is 10.5. The number of furan rings is 1. The van der Waals surface area contributed by atoms with E-state index in [0.717, 1.165) is 15.4 Å². The average molecular weight is 379 g/mol. The van der Waals surface area contributed by atoms with E-state index in [1.54, 1.807) is 18.2 Å². The van der Waals surface area contributed by atoms with Crippen LogP contribution in [0, 0.1) is 0 Å². The molecule has 0 saturated heterocycles. The Morgan fingerprint density at radius 1 is 1.23 bits per heavy atom. The van der Waals surface area contributed by atoms with E-state index < -0.39 is 0 Å². The second-order valence-electron chi connectivity index (χ2n) is 5.01. The van der Waals surface area contributed by atoms with Crippen molar-refractivity contribution in [1.82, 2.24) is 5.32 Å². The first kappa shape index (κ1) is 15.1. The molecule has 5 heteroatoms. The summed E-state index contributed by atoms with van der Waals surface area (Å²) in [5, 5.41) is 4.33. The number of amides is 1. The van der Waals surface area contributed by atoms with Crippen LogP contribution in [0.3, 0.4) is 0 Å². The molecular weight excluding hydrogens is 366 g/mol. The SMILES string of the molecule is C[C@@H](NC(=O)c1cc(Br)ccc1Cl)c1cc2ccccc2o1. The quantitative estimate of drug-likeness (QED) is 0.668. The van der Waals surface area contributed by atoms with Crippen molar-refractivity contribution < 1.29 is 9.21 Å². The zero-order valence-electron chi connectivity index (χ0n) is 11.8. The summed E-state index contributed by atoms with van der Waals surface area (Å²) >= 11 is 9.42. The lowest BCUT2D eigenvalue weighted by Crippen LogP contribution is -2.26. The van der Waals surface area contributed by atoms with Gasteiger partial charge in [-0.2, -0.15) is 0 Å². The molecule has 0 aliphatic carbocycles. The Kier molecular flexibility index (Phi) is 4.23. The molecule has 3 aromatic rings. The topological polar surface area (TPSA) is 42.2 Å². The van der Waals surface area contributed by atoms with Gasteiger partial charge < -0.3 is 9.73 Å². The second kappa shape index (κ2) is 6.15. The molecule has 0 fully saturated rings. The summed E-state index contributed by atoms with van der Waals surface area (Å²) in [6, 6.07) is 14.6. The van der Waals surface area contributed by atoms with Crippen molar-refractivity contribution in [3.63, 3.8) is 0 Å². The Hall–Kier alpha value is -1.78. The molecule has 1 heterocycles. The molecule has 1 N–H and O–H groups in total. The van der Waals surface area contributed by atoms with Crippen molar-refractivity contribution in [2.45, 2.75) is 13.0 Å². The van der Waals surface area contributed by atoms with Crippen molar-refractivity contribution in [1.29, 1.82) is 0 Å². The van der Waals surface area contributed by atoms with Gasteiger partial charge in [-0.15, -0.1) is 0 Å². The molecule has 0 spiro atoms. The van der Waals surface area contributed by atoms with Crippen LogP contribution in [0.2, 0.25) is 5.02 Å². The summed E-state index contributed by atoms with van der Waals surface area (Å²) in [5.41, 5.74) is 1.23. The smallest absolute Gasteiger partial charge is 0.253 e. The largest absolute Gasteiger partial charge is 0.459 e. The highest BCUT2D eigenvalue weighted by Crippen LogP contribution is 2.25. The zero-order chi connectivity index (χ0) is 15.7. The predicted molar refractivity (Wildman–Crippen MR) is 91.2 cm³/mol. The maximum absolute atomic E-state index is 12.4. The summed E-state index contributed by atoms with van der Waals surface area (Å²) < 4.78 is 6.57. The summed E-state index contributed by atoms with van der Waals surface area (Å²) in [4.78, 5) is 12.4. The molecule has 1 amide bonds. The molecule has 0 unspecified atom stereocenters. The molecule has 112 valence electrons. The van der Waals surface area contributed by atoms with E-state index in [4.69, 9.17) is 16.0 Å². The second-order valence-corrected chi connectivity index (χ2v) is 6.33. The minimum absolute atomic E-state index is 0.237. The minimum atomic E-state index is -0.255. The molecule has 3 rings (SSSR count). The third-order valence-corrected chi connectivity index (χ3v) is 4.21. The molecule has 22 heavy (non-hydrogen) atoms. The Bertz CT molecular complexity index is 811. The maximum Gasteiger partial charge on any atom is 0.253 e. The van der Waals surface area contributed by atoms with E-state index in [2.05, 4.69) is 21.2 Å². The van der Waals surface area contributed by atoms with Crippen molar-refractivity contribution in [2.75, 3.05) is 0 Å². The van der Waals surface area contributed by atoms with Crippen molar-refractivity contribution in [2.24, 2.45) is 0 Å².